The summed E-state index contributed by atoms with van der Waals surface area (Å²) in [6, 6.07) is 8.91. The number of benzene rings is 1. The Morgan fingerprint density at radius 2 is 2.15 bits per heavy atom. The number of pyridine rings is 1. The summed E-state index contributed by atoms with van der Waals surface area (Å²) in [7, 11) is 0. The van der Waals surface area contributed by atoms with Crippen LogP contribution in [0.15, 0.2) is 48.9 Å². The predicted octanol–water partition coefficient (Wildman–Crippen LogP) is 3.07. The quantitative estimate of drug-likeness (QED) is 0.792. The number of para-hydroxylation sites is 1. The molecule has 0 aliphatic heterocycles. The predicted molar refractivity (Wildman–Crippen MR) is 77.0 cm³/mol. The first-order valence-corrected chi connectivity index (χ1v) is 6.51. The second kappa shape index (κ2) is 5.28. The molecule has 0 saturated heterocycles. The van der Waals surface area contributed by atoms with Crippen LogP contribution in [0.3, 0.4) is 0 Å². The zero-order valence-electron chi connectivity index (χ0n) is 11.1. The van der Waals surface area contributed by atoms with Crippen molar-refractivity contribution in [3.05, 3.63) is 54.7 Å². The Labute approximate surface area is 116 Å². The summed E-state index contributed by atoms with van der Waals surface area (Å²) in [6.45, 7) is 2.80. The highest BCUT2D eigenvalue weighted by molar-refractivity contribution is 5.91. The lowest BCUT2D eigenvalue weighted by Gasteiger charge is -2.16. The molecule has 0 aliphatic carbocycles. The van der Waals surface area contributed by atoms with Crippen LogP contribution in [0.1, 0.15) is 6.92 Å². The minimum Gasteiger partial charge on any atom is -0.380 e. The largest absolute Gasteiger partial charge is 0.380 e. The molecule has 0 aliphatic rings. The molecule has 3 aromatic rings. The van der Waals surface area contributed by atoms with Gasteiger partial charge in [-0.25, -0.2) is 4.39 Å². The number of halogens is 1. The van der Waals surface area contributed by atoms with Crippen LogP contribution in [0.5, 0.6) is 0 Å². The Hall–Kier alpha value is -2.43. The first kappa shape index (κ1) is 12.6. The number of anilines is 1. The molecule has 0 spiro atoms. The third kappa shape index (κ3) is 2.47. The summed E-state index contributed by atoms with van der Waals surface area (Å²) < 4.78 is 15.6. The molecular formula is C15H15FN4. The zero-order chi connectivity index (χ0) is 13.9. The zero-order valence-corrected chi connectivity index (χ0v) is 11.1. The second-order valence-electron chi connectivity index (χ2n) is 4.77. The van der Waals surface area contributed by atoms with Crippen molar-refractivity contribution < 1.29 is 4.39 Å². The monoisotopic (exact) mass is 270 g/mol. The molecule has 20 heavy (non-hydrogen) atoms. The molecule has 0 fully saturated rings. The van der Waals surface area contributed by atoms with Gasteiger partial charge in [0.2, 0.25) is 0 Å². The van der Waals surface area contributed by atoms with Crippen molar-refractivity contribution in [1.29, 1.82) is 0 Å². The minimum absolute atomic E-state index is 0.170. The van der Waals surface area contributed by atoms with Crippen molar-refractivity contribution in [1.82, 2.24) is 14.8 Å². The molecule has 0 saturated carbocycles. The summed E-state index contributed by atoms with van der Waals surface area (Å²) >= 11 is 0. The molecule has 102 valence electrons. The topological polar surface area (TPSA) is 42.7 Å². The molecule has 1 aromatic carbocycles. The molecule has 0 bridgehead atoms. The lowest BCUT2D eigenvalue weighted by molar-refractivity contribution is 0.561. The summed E-state index contributed by atoms with van der Waals surface area (Å²) in [4.78, 5) is 4.09. The molecule has 5 heteroatoms. The van der Waals surface area contributed by atoms with E-state index < -0.39 is 0 Å². The molecule has 1 unspecified atom stereocenters. The number of nitrogens with zero attached hydrogens (tertiary/aromatic N) is 3. The van der Waals surface area contributed by atoms with E-state index in [2.05, 4.69) is 22.3 Å². The average Bonchev–Trinajstić information content (AvgIpc) is 2.93. The van der Waals surface area contributed by atoms with E-state index in [-0.39, 0.29) is 11.9 Å². The second-order valence-corrected chi connectivity index (χ2v) is 4.77. The van der Waals surface area contributed by atoms with Gasteiger partial charge in [0.05, 0.1) is 6.54 Å². The van der Waals surface area contributed by atoms with E-state index in [0.717, 1.165) is 17.6 Å². The van der Waals surface area contributed by atoms with Gasteiger partial charge in [0.25, 0.3) is 0 Å². The van der Waals surface area contributed by atoms with Crippen molar-refractivity contribution in [2.45, 2.75) is 19.5 Å². The SMILES string of the molecule is CC(Cn1cccn1)Nc1ccnc2c(F)cccc12. The Morgan fingerprint density at radius 3 is 2.95 bits per heavy atom. The molecule has 3 rings (SSSR count). The van der Waals surface area contributed by atoms with Crippen LogP contribution in [-0.2, 0) is 6.54 Å². The Morgan fingerprint density at radius 1 is 1.25 bits per heavy atom. The van der Waals surface area contributed by atoms with Crippen LogP contribution in [0.4, 0.5) is 10.1 Å². The molecular weight excluding hydrogens is 255 g/mol. The van der Waals surface area contributed by atoms with Crippen LogP contribution in [0.2, 0.25) is 0 Å². The number of rotatable bonds is 4. The van der Waals surface area contributed by atoms with E-state index in [1.165, 1.54) is 6.07 Å². The van der Waals surface area contributed by atoms with Gasteiger partial charge in [-0.05, 0) is 25.1 Å². The lowest BCUT2D eigenvalue weighted by atomic mass is 10.1. The summed E-state index contributed by atoms with van der Waals surface area (Å²) in [5, 5.41) is 8.35. The standard InChI is InChI=1S/C15H15FN4/c1-11(10-20-9-3-7-18-20)19-14-6-8-17-15-12(14)4-2-5-13(15)16/h2-9,11H,10H2,1H3,(H,17,19). The third-order valence-corrected chi connectivity index (χ3v) is 3.14. The Kier molecular flexibility index (Phi) is 3.33. The highest BCUT2D eigenvalue weighted by atomic mass is 19.1. The summed E-state index contributed by atoms with van der Waals surface area (Å²) in [5.74, 6) is -0.300. The van der Waals surface area contributed by atoms with E-state index in [9.17, 15) is 4.39 Å². The van der Waals surface area contributed by atoms with Crippen molar-refractivity contribution in [3.8, 4) is 0 Å². The van der Waals surface area contributed by atoms with Gasteiger partial charge >= 0.3 is 0 Å². The molecule has 1 atom stereocenters. The van der Waals surface area contributed by atoms with Crippen LogP contribution in [0.25, 0.3) is 10.9 Å². The van der Waals surface area contributed by atoms with Gasteiger partial charge in [0.1, 0.15) is 11.3 Å². The van der Waals surface area contributed by atoms with Gasteiger partial charge in [-0.15, -0.1) is 0 Å². The van der Waals surface area contributed by atoms with Gasteiger partial charge in [0, 0.05) is 35.7 Å². The van der Waals surface area contributed by atoms with Gasteiger partial charge in [-0.1, -0.05) is 12.1 Å². The highest BCUT2D eigenvalue weighted by Gasteiger charge is 2.09. The first-order chi connectivity index (χ1) is 9.74. The lowest BCUT2D eigenvalue weighted by Crippen LogP contribution is -2.22. The Balaban J connectivity index is 1.85. The number of aromatic nitrogens is 3. The summed E-state index contributed by atoms with van der Waals surface area (Å²) in [5.41, 5.74) is 1.28. The molecule has 2 aromatic heterocycles. The van der Waals surface area contributed by atoms with E-state index in [1.54, 1.807) is 18.5 Å². The van der Waals surface area contributed by atoms with Crippen LogP contribution >= 0.6 is 0 Å². The van der Waals surface area contributed by atoms with Gasteiger partial charge in [-0.2, -0.15) is 5.10 Å². The smallest absolute Gasteiger partial charge is 0.149 e. The van der Waals surface area contributed by atoms with Gasteiger partial charge in [-0.3, -0.25) is 9.67 Å². The number of fused-ring (bicyclic) bond motifs is 1. The molecule has 2 heterocycles. The van der Waals surface area contributed by atoms with E-state index >= 15 is 0 Å². The summed E-state index contributed by atoms with van der Waals surface area (Å²) in [6.07, 6.45) is 5.29. The maximum atomic E-state index is 13.7. The maximum Gasteiger partial charge on any atom is 0.149 e. The highest BCUT2D eigenvalue weighted by Crippen LogP contribution is 2.23. The van der Waals surface area contributed by atoms with Crippen molar-refractivity contribution in [2.24, 2.45) is 0 Å². The number of hydrogen-bond acceptors (Lipinski definition) is 3. The van der Waals surface area contributed by atoms with Gasteiger partial charge < -0.3 is 5.32 Å². The minimum atomic E-state index is -0.300. The van der Waals surface area contributed by atoms with Gasteiger partial charge in [0.15, 0.2) is 0 Å². The van der Waals surface area contributed by atoms with Crippen LogP contribution in [-0.4, -0.2) is 20.8 Å². The first-order valence-electron chi connectivity index (χ1n) is 6.51. The van der Waals surface area contributed by atoms with Crippen LogP contribution < -0.4 is 5.32 Å². The van der Waals surface area contributed by atoms with Crippen molar-refractivity contribution in [2.75, 3.05) is 5.32 Å². The van der Waals surface area contributed by atoms with Crippen LogP contribution in [0, 0.1) is 5.82 Å². The molecule has 1 N–H and O–H groups in total. The fourth-order valence-electron chi connectivity index (χ4n) is 2.27. The normalized spacial score (nSPS) is 12.5. The average molecular weight is 270 g/mol. The van der Waals surface area contributed by atoms with E-state index in [4.69, 9.17) is 0 Å². The molecule has 0 amide bonds. The fourth-order valence-corrected chi connectivity index (χ4v) is 2.27. The molecule has 0 radical (unpaired) electrons. The van der Waals surface area contributed by atoms with E-state index in [0.29, 0.717) is 5.52 Å². The molecule has 4 nitrogen and oxygen atoms in total. The number of hydrogen-bond donors (Lipinski definition) is 1. The Bertz CT molecular complexity index is 709. The van der Waals surface area contributed by atoms with Crippen molar-refractivity contribution >= 4 is 16.6 Å². The number of nitrogens with one attached hydrogen (secondary N) is 1. The van der Waals surface area contributed by atoms with Crippen molar-refractivity contribution in [3.63, 3.8) is 0 Å². The third-order valence-electron chi connectivity index (χ3n) is 3.14. The maximum absolute atomic E-state index is 13.7. The van der Waals surface area contributed by atoms with E-state index in [1.807, 2.05) is 29.1 Å². The fraction of sp³-hybridized carbons (Fsp3) is 0.200.